The van der Waals surface area contributed by atoms with Gasteiger partial charge in [-0.15, -0.1) is 0 Å². The van der Waals surface area contributed by atoms with E-state index in [0.29, 0.717) is 0 Å². The molecule has 0 spiro atoms. The number of fused-ring (bicyclic) bond motifs is 7. The van der Waals surface area contributed by atoms with Gasteiger partial charge in [0.1, 0.15) is 0 Å². The van der Waals surface area contributed by atoms with Crippen LogP contribution in [0.2, 0.25) is 0 Å². The Kier molecular flexibility index (Phi) is 10.5. The van der Waals surface area contributed by atoms with Gasteiger partial charge in [0.2, 0.25) is 0 Å². The van der Waals surface area contributed by atoms with Gasteiger partial charge in [0.15, 0.2) is 0 Å². The van der Waals surface area contributed by atoms with Gasteiger partial charge in [-0.2, -0.15) is 0 Å². The highest BCUT2D eigenvalue weighted by Gasteiger charge is 2.47. The first-order valence-electron chi connectivity index (χ1n) is 25.7. The second kappa shape index (κ2) is 17.9. The van der Waals surface area contributed by atoms with Gasteiger partial charge in [-0.25, -0.2) is 0 Å². The molecule has 0 unspecified atom stereocenters. The minimum absolute atomic E-state index is 0.537. The van der Waals surface area contributed by atoms with Gasteiger partial charge in [0, 0.05) is 16.9 Å². The van der Waals surface area contributed by atoms with Crippen LogP contribution in [0, 0.1) is 0 Å². The fraction of sp³-hybridized carbons (Fsp3) is 0.0137. The highest BCUT2D eigenvalue weighted by atomic mass is 15.1. The molecule has 0 saturated carbocycles. The van der Waals surface area contributed by atoms with Gasteiger partial charge in [-0.3, -0.25) is 0 Å². The first kappa shape index (κ1) is 43.2. The van der Waals surface area contributed by atoms with E-state index in [-0.39, 0.29) is 0 Å². The summed E-state index contributed by atoms with van der Waals surface area (Å²) in [6.45, 7) is 0. The fourth-order valence-electron chi connectivity index (χ4n) is 12.4. The number of hydrogen-bond acceptors (Lipinski definition) is 1. The summed E-state index contributed by atoms with van der Waals surface area (Å²) < 4.78 is 0. The summed E-state index contributed by atoms with van der Waals surface area (Å²) in [7, 11) is 0. The molecular formula is C73H49N. The van der Waals surface area contributed by atoms with Crippen LogP contribution in [0.5, 0.6) is 0 Å². The van der Waals surface area contributed by atoms with Crippen LogP contribution >= 0.6 is 0 Å². The molecule has 1 aliphatic rings. The van der Waals surface area contributed by atoms with E-state index in [0.717, 1.165) is 22.6 Å². The zero-order valence-electron chi connectivity index (χ0n) is 40.7. The molecule has 13 aromatic rings. The van der Waals surface area contributed by atoms with Crippen molar-refractivity contribution in [3.05, 3.63) is 320 Å². The maximum absolute atomic E-state index is 2.49. The Hall–Kier alpha value is -9.56. The molecule has 0 saturated heterocycles. The van der Waals surface area contributed by atoms with Crippen molar-refractivity contribution in [2.75, 3.05) is 4.90 Å². The van der Waals surface area contributed by atoms with Gasteiger partial charge in [0.05, 0.1) is 11.1 Å². The minimum atomic E-state index is -0.537. The van der Waals surface area contributed by atoms with E-state index in [1.165, 1.54) is 105 Å². The van der Waals surface area contributed by atoms with E-state index in [1.54, 1.807) is 0 Å². The van der Waals surface area contributed by atoms with Crippen molar-refractivity contribution in [1.29, 1.82) is 0 Å². The van der Waals surface area contributed by atoms with Crippen molar-refractivity contribution in [2.24, 2.45) is 0 Å². The molecule has 13 aromatic carbocycles. The quantitative estimate of drug-likeness (QED) is 0.130. The number of benzene rings is 13. The summed E-state index contributed by atoms with van der Waals surface area (Å²) in [5, 5.41) is 7.46. The molecule has 0 aromatic heterocycles. The number of anilines is 3. The Morgan fingerprint density at radius 3 is 1.46 bits per heavy atom. The van der Waals surface area contributed by atoms with Gasteiger partial charge >= 0.3 is 0 Å². The van der Waals surface area contributed by atoms with E-state index in [4.69, 9.17) is 0 Å². The molecule has 0 aliphatic heterocycles. The predicted molar refractivity (Wildman–Crippen MR) is 313 cm³/mol. The van der Waals surface area contributed by atoms with E-state index in [9.17, 15) is 0 Å². The van der Waals surface area contributed by atoms with Gasteiger partial charge in [-0.1, -0.05) is 261 Å². The average Bonchev–Trinajstić information content (AvgIpc) is 3.81. The van der Waals surface area contributed by atoms with E-state index in [2.05, 4.69) is 302 Å². The van der Waals surface area contributed by atoms with Crippen LogP contribution in [0.4, 0.5) is 17.1 Å². The Balaban J connectivity index is 0.983. The Morgan fingerprint density at radius 2 is 0.743 bits per heavy atom. The third-order valence-corrected chi connectivity index (χ3v) is 15.5. The van der Waals surface area contributed by atoms with Gasteiger partial charge in [-0.05, 0) is 141 Å². The number of hydrogen-bond donors (Lipinski definition) is 0. The topological polar surface area (TPSA) is 3.24 Å². The summed E-state index contributed by atoms with van der Waals surface area (Å²) >= 11 is 0. The van der Waals surface area contributed by atoms with Crippen LogP contribution < -0.4 is 4.90 Å². The molecule has 0 atom stereocenters. The van der Waals surface area contributed by atoms with Crippen LogP contribution in [0.15, 0.2) is 297 Å². The van der Waals surface area contributed by atoms with Crippen molar-refractivity contribution in [1.82, 2.24) is 0 Å². The second-order valence-electron chi connectivity index (χ2n) is 19.5. The van der Waals surface area contributed by atoms with Crippen LogP contribution in [-0.2, 0) is 5.41 Å². The van der Waals surface area contributed by atoms with Crippen molar-refractivity contribution >= 4 is 49.4 Å². The molecule has 1 heteroatoms. The summed E-state index contributed by atoms with van der Waals surface area (Å²) in [6, 6.07) is 110. The zero-order valence-corrected chi connectivity index (χ0v) is 40.7. The normalized spacial score (nSPS) is 12.4. The smallest absolute Gasteiger partial charge is 0.0714 e. The summed E-state index contributed by atoms with van der Waals surface area (Å²) in [5.74, 6) is 0. The largest absolute Gasteiger partial charge is 0.310 e. The third kappa shape index (κ3) is 6.93. The van der Waals surface area contributed by atoms with Crippen molar-refractivity contribution in [2.45, 2.75) is 5.41 Å². The maximum atomic E-state index is 2.49. The minimum Gasteiger partial charge on any atom is -0.310 e. The lowest BCUT2D eigenvalue weighted by atomic mass is 9.68. The Bertz CT molecular complexity index is 4170. The molecule has 74 heavy (non-hydrogen) atoms. The van der Waals surface area contributed by atoms with Crippen molar-refractivity contribution in [3.63, 3.8) is 0 Å². The van der Waals surface area contributed by atoms with E-state index >= 15 is 0 Å². The molecule has 0 heterocycles. The maximum Gasteiger partial charge on any atom is 0.0714 e. The van der Waals surface area contributed by atoms with Crippen LogP contribution in [0.1, 0.15) is 22.3 Å². The van der Waals surface area contributed by atoms with Crippen LogP contribution in [-0.4, -0.2) is 0 Å². The summed E-state index contributed by atoms with van der Waals surface area (Å²) in [6.07, 6.45) is 0. The number of nitrogens with zero attached hydrogens (tertiary/aromatic N) is 1. The molecule has 0 N–H and O–H groups in total. The highest BCUT2D eigenvalue weighted by molar-refractivity contribution is 6.22. The molecule has 1 nitrogen and oxygen atoms in total. The Labute approximate surface area is 432 Å². The molecule has 0 radical (unpaired) electrons. The highest BCUT2D eigenvalue weighted by Crippen LogP contribution is 2.59. The van der Waals surface area contributed by atoms with Gasteiger partial charge < -0.3 is 4.90 Å². The SMILES string of the molecule is c1ccc(-c2c(-c3ccccc3)c3cc(-c4ccc(N(c5cccc(-c6cccc7ccccc67)c5)c5cccc6c5-c5ccccc5C6(c5ccccc5)c5ccccc5)cc4)ccc3c3ccccc23)cc1. The van der Waals surface area contributed by atoms with Crippen molar-refractivity contribution in [3.8, 4) is 55.6 Å². The predicted octanol–water partition coefficient (Wildman–Crippen LogP) is 19.6. The lowest BCUT2D eigenvalue weighted by Crippen LogP contribution is -2.28. The lowest BCUT2D eigenvalue weighted by molar-refractivity contribution is 0.768. The van der Waals surface area contributed by atoms with Crippen molar-refractivity contribution < 1.29 is 0 Å². The molecule has 0 bridgehead atoms. The summed E-state index contributed by atoms with van der Waals surface area (Å²) in [4.78, 5) is 2.49. The fourth-order valence-corrected chi connectivity index (χ4v) is 12.4. The molecule has 346 valence electrons. The number of rotatable bonds is 9. The Morgan fingerprint density at radius 1 is 0.243 bits per heavy atom. The van der Waals surface area contributed by atoms with Crippen LogP contribution in [0.25, 0.3) is 88.0 Å². The molecule has 0 fully saturated rings. The van der Waals surface area contributed by atoms with E-state index in [1.807, 2.05) is 0 Å². The third-order valence-electron chi connectivity index (χ3n) is 15.5. The molecule has 14 rings (SSSR count). The molecular weight excluding hydrogens is 891 g/mol. The summed E-state index contributed by atoms with van der Waals surface area (Å²) in [5.41, 5.74) is 19.9. The zero-order chi connectivity index (χ0) is 49.0. The molecule has 0 amide bonds. The van der Waals surface area contributed by atoms with Crippen LogP contribution in [0.3, 0.4) is 0 Å². The average molecular weight is 940 g/mol. The first-order chi connectivity index (χ1) is 36.7. The van der Waals surface area contributed by atoms with E-state index < -0.39 is 5.41 Å². The lowest BCUT2D eigenvalue weighted by Gasteiger charge is -2.34. The first-order valence-corrected chi connectivity index (χ1v) is 25.7. The second-order valence-corrected chi connectivity index (χ2v) is 19.5. The molecule has 1 aliphatic carbocycles. The van der Waals surface area contributed by atoms with Gasteiger partial charge in [0.25, 0.3) is 0 Å². The monoisotopic (exact) mass is 939 g/mol. The standard InChI is InChI=1S/C73H49N/c1-5-23-52(24-6-1)70-64-36-16-15-35-62(64)63-47-44-54(49-66(63)71(70)53-25-7-2-8-26-53)50-42-45-58(46-43-50)74(59-33-19-28-55(48-59)61-38-20-27-51-22-13-14-34-60(51)61)69-41-21-40-68-72(69)65-37-17-18-39-67(65)73(68,56-29-9-3-10-30-56)57-31-11-4-12-32-57/h1-49H.